The number of benzene rings is 2. The van der Waals surface area contributed by atoms with Crippen LogP contribution in [-0.2, 0) is 4.79 Å². The molecule has 1 aliphatic rings. The Balaban J connectivity index is 1.69. The molecule has 0 unspecified atom stereocenters. The third kappa shape index (κ3) is 4.91. The number of nitrogens with zero attached hydrogens (tertiary/aromatic N) is 1. The van der Waals surface area contributed by atoms with Crippen LogP contribution in [0.1, 0.15) is 54.1 Å². The molecule has 1 saturated heterocycles. The van der Waals surface area contributed by atoms with Gasteiger partial charge in [0.1, 0.15) is 11.5 Å². The van der Waals surface area contributed by atoms with E-state index in [9.17, 15) is 4.79 Å². The Morgan fingerprint density at radius 3 is 2.62 bits per heavy atom. The Morgan fingerprint density at radius 2 is 1.93 bits per heavy atom. The maximum Gasteiger partial charge on any atom is 0.234 e. The standard InChI is InChI=1S/C24H32N2O3/c1-16-8-9-19(13-17(16)2)18(3)25-24(27)15-26-12-6-7-22(26)21-14-20(28-4)10-11-23(21)29-5/h8-11,13-14,18,22H,6-7,12,15H2,1-5H3,(H,25,27)/t18-,22+/m1/s1. The quantitative estimate of drug-likeness (QED) is 0.757. The van der Waals surface area contributed by atoms with E-state index in [1.165, 1.54) is 11.1 Å². The van der Waals surface area contributed by atoms with E-state index >= 15 is 0 Å². The molecule has 29 heavy (non-hydrogen) atoms. The molecule has 1 fully saturated rings. The van der Waals surface area contributed by atoms with Gasteiger partial charge in [0.15, 0.2) is 0 Å². The van der Waals surface area contributed by atoms with E-state index in [4.69, 9.17) is 9.47 Å². The molecular weight excluding hydrogens is 364 g/mol. The number of carbonyl (C=O) groups excluding carboxylic acids is 1. The van der Waals surface area contributed by atoms with Crippen LogP contribution in [0.3, 0.4) is 0 Å². The fourth-order valence-corrected chi connectivity index (χ4v) is 4.06. The third-order valence-electron chi connectivity index (χ3n) is 5.91. The lowest BCUT2D eigenvalue weighted by Gasteiger charge is -2.26. The van der Waals surface area contributed by atoms with Crippen molar-refractivity contribution in [1.29, 1.82) is 0 Å². The Labute approximate surface area is 174 Å². The Bertz CT molecular complexity index is 865. The molecule has 0 spiro atoms. The number of methoxy groups -OCH3 is 2. The number of likely N-dealkylation sites (tertiary alicyclic amines) is 1. The first kappa shape index (κ1) is 21.2. The van der Waals surface area contributed by atoms with E-state index in [0.717, 1.165) is 42.0 Å². The number of nitrogens with one attached hydrogen (secondary N) is 1. The summed E-state index contributed by atoms with van der Waals surface area (Å²) in [5, 5.41) is 3.16. The van der Waals surface area contributed by atoms with Crippen LogP contribution in [0, 0.1) is 13.8 Å². The number of carbonyl (C=O) groups is 1. The third-order valence-corrected chi connectivity index (χ3v) is 5.91. The summed E-state index contributed by atoms with van der Waals surface area (Å²) in [5.74, 6) is 1.69. The van der Waals surface area contributed by atoms with Gasteiger partial charge in [0, 0.05) is 11.6 Å². The minimum atomic E-state index is -0.0193. The first-order valence-corrected chi connectivity index (χ1v) is 10.3. The summed E-state index contributed by atoms with van der Waals surface area (Å²) >= 11 is 0. The van der Waals surface area contributed by atoms with Gasteiger partial charge in [-0.25, -0.2) is 0 Å². The second kappa shape index (κ2) is 9.31. The second-order valence-electron chi connectivity index (χ2n) is 7.87. The van der Waals surface area contributed by atoms with Gasteiger partial charge in [-0.15, -0.1) is 0 Å². The van der Waals surface area contributed by atoms with Gasteiger partial charge >= 0.3 is 0 Å². The van der Waals surface area contributed by atoms with E-state index < -0.39 is 0 Å². The van der Waals surface area contributed by atoms with Gasteiger partial charge in [-0.2, -0.15) is 0 Å². The lowest BCUT2D eigenvalue weighted by Crippen LogP contribution is -2.38. The summed E-state index contributed by atoms with van der Waals surface area (Å²) < 4.78 is 11.0. The highest BCUT2D eigenvalue weighted by atomic mass is 16.5. The molecule has 2 atom stereocenters. The van der Waals surface area contributed by atoms with Gasteiger partial charge in [0.25, 0.3) is 0 Å². The van der Waals surface area contributed by atoms with Crippen LogP contribution in [0.25, 0.3) is 0 Å². The molecule has 1 aliphatic heterocycles. The SMILES string of the molecule is COc1ccc(OC)c([C@@H]2CCCN2CC(=O)N[C@H](C)c2ccc(C)c(C)c2)c1. The molecule has 5 nitrogen and oxygen atoms in total. The summed E-state index contributed by atoms with van der Waals surface area (Å²) in [4.78, 5) is 15.0. The van der Waals surface area contributed by atoms with Crippen molar-refractivity contribution in [3.63, 3.8) is 0 Å². The normalized spacial score (nSPS) is 17.8. The minimum absolute atomic E-state index is 0.0193. The van der Waals surface area contributed by atoms with Crippen LogP contribution in [0.4, 0.5) is 0 Å². The van der Waals surface area contributed by atoms with Crippen molar-refractivity contribution in [2.75, 3.05) is 27.3 Å². The Hall–Kier alpha value is -2.53. The first-order chi connectivity index (χ1) is 13.9. The number of hydrogen-bond acceptors (Lipinski definition) is 4. The van der Waals surface area contributed by atoms with Crippen LogP contribution in [0.5, 0.6) is 11.5 Å². The van der Waals surface area contributed by atoms with E-state index in [1.54, 1.807) is 14.2 Å². The molecular formula is C24H32N2O3. The van der Waals surface area contributed by atoms with E-state index in [2.05, 4.69) is 42.3 Å². The van der Waals surface area contributed by atoms with Crippen molar-refractivity contribution in [1.82, 2.24) is 10.2 Å². The highest BCUT2D eigenvalue weighted by Crippen LogP contribution is 2.38. The van der Waals surface area contributed by atoms with Crippen LogP contribution < -0.4 is 14.8 Å². The average molecular weight is 397 g/mol. The highest BCUT2D eigenvalue weighted by molar-refractivity contribution is 5.78. The summed E-state index contributed by atoms with van der Waals surface area (Å²) in [6, 6.07) is 12.4. The zero-order chi connectivity index (χ0) is 21.0. The molecule has 0 bridgehead atoms. The van der Waals surface area contributed by atoms with Crippen molar-refractivity contribution in [2.24, 2.45) is 0 Å². The summed E-state index contributed by atoms with van der Waals surface area (Å²) in [6.07, 6.45) is 2.06. The summed E-state index contributed by atoms with van der Waals surface area (Å²) in [5.41, 5.74) is 4.72. The smallest absolute Gasteiger partial charge is 0.234 e. The minimum Gasteiger partial charge on any atom is -0.497 e. The fraction of sp³-hybridized carbons (Fsp3) is 0.458. The Morgan fingerprint density at radius 1 is 1.14 bits per heavy atom. The van der Waals surface area contributed by atoms with Gasteiger partial charge in [-0.3, -0.25) is 9.69 Å². The molecule has 0 aromatic heterocycles. The van der Waals surface area contributed by atoms with Crippen molar-refractivity contribution in [3.8, 4) is 11.5 Å². The molecule has 0 saturated carbocycles. The molecule has 1 amide bonds. The average Bonchev–Trinajstić information content (AvgIpc) is 3.17. The number of hydrogen-bond donors (Lipinski definition) is 1. The maximum atomic E-state index is 12.8. The van der Waals surface area contributed by atoms with Crippen molar-refractivity contribution < 1.29 is 14.3 Å². The Kier molecular flexibility index (Phi) is 6.80. The fourth-order valence-electron chi connectivity index (χ4n) is 4.06. The van der Waals surface area contributed by atoms with Crippen LogP contribution in [-0.4, -0.2) is 38.1 Å². The summed E-state index contributed by atoms with van der Waals surface area (Å²) in [6.45, 7) is 7.51. The topological polar surface area (TPSA) is 50.8 Å². The summed E-state index contributed by atoms with van der Waals surface area (Å²) in [7, 11) is 3.35. The van der Waals surface area contributed by atoms with Gasteiger partial charge in [0.05, 0.1) is 26.8 Å². The van der Waals surface area contributed by atoms with Gasteiger partial charge in [-0.05, 0) is 75.0 Å². The lowest BCUT2D eigenvalue weighted by molar-refractivity contribution is -0.123. The number of ether oxygens (including phenoxy) is 2. The molecule has 3 rings (SSSR count). The predicted octanol–water partition coefficient (Wildman–Crippen LogP) is 4.33. The number of rotatable bonds is 7. The first-order valence-electron chi connectivity index (χ1n) is 10.3. The molecule has 1 N–H and O–H groups in total. The van der Waals surface area contributed by atoms with Crippen LogP contribution in [0.15, 0.2) is 36.4 Å². The van der Waals surface area contributed by atoms with Crippen molar-refractivity contribution in [2.45, 2.75) is 45.7 Å². The zero-order valence-electron chi connectivity index (χ0n) is 18.1. The number of aryl methyl sites for hydroxylation is 2. The van der Waals surface area contributed by atoms with Crippen LogP contribution in [0.2, 0.25) is 0 Å². The predicted molar refractivity (Wildman–Crippen MR) is 116 cm³/mol. The molecule has 0 aliphatic carbocycles. The number of amides is 1. The van der Waals surface area contributed by atoms with Gasteiger partial charge in [0.2, 0.25) is 5.91 Å². The molecule has 0 radical (unpaired) electrons. The lowest BCUT2D eigenvalue weighted by atomic mass is 10.0. The van der Waals surface area contributed by atoms with Crippen LogP contribution >= 0.6 is 0 Å². The largest absolute Gasteiger partial charge is 0.497 e. The maximum absolute atomic E-state index is 12.8. The van der Waals surface area contributed by atoms with Crippen molar-refractivity contribution in [3.05, 3.63) is 58.7 Å². The van der Waals surface area contributed by atoms with E-state index in [-0.39, 0.29) is 18.0 Å². The molecule has 1 heterocycles. The monoisotopic (exact) mass is 396 g/mol. The van der Waals surface area contributed by atoms with Gasteiger partial charge < -0.3 is 14.8 Å². The van der Waals surface area contributed by atoms with E-state index in [1.807, 2.05) is 25.1 Å². The molecule has 156 valence electrons. The molecule has 2 aromatic carbocycles. The molecule has 5 heteroatoms. The zero-order valence-corrected chi connectivity index (χ0v) is 18.1. The van der Waals surface area contributed by atoms with Gasteiger partial charge in [-0.1, -0.05) is 18.2 Å². The van der Waals surface area contributed by atoms with Crippen molar-refractivity contribution >= 4 is 5.91 Å². The highest BCUT2D eigenvalue weighted by Gasteiger charge is 2.30. The second-order valence-corrected chi connectivity index (χ2v) is 7.87. The van der Waals surface area contributed by atoms with E-state index in [0.29, 0.717) is 6.54 Å². The molecule has 2 aromatic rings.